The maximum Gasteiger partial charge on any atom is 0.227 e. The standard InChI is InChI=1S/C6H11N3O2S/c1-4(3-7)12(10,11)9-6-2-5(6)8/h4-6,9H,2,8H2,1H3. The topological polar surface area (TPSA) is 96.0 Å². The van der Waals surface area contributed by atoms with E-state index >= 15 is 0 Å². The summed E-state index contributed by atoms with van der Waals surface area (Å²) in [5.74, 6) is 0. The van der Waals surface area contributed by atoms with Gasteiger partial charge in [-0.3, -0.25) is 0 Å². The largest absolute Gasteiger partial charge is 0.326 e. The Kier molecular flexibility index (Phi) is 2.37. The van der Waals surface area contributed by atoms with Crippen molar-refractivity contribution in [3.05, 3.63) is 0 Å². The lowest BCUT2D eigenvalue weighted by Gasteiger charge is -2.05. The first-order valence-electron chi connectivity index (χ1n) is 3.63. The Bertz CT molecular complexity index is 305. The van der Waals surface area contributed by atoms with Gasteiger partial charge in [-0.15, -0.1) is 0 Å². The van der Waals surface area contributed by atoms with Gasteiger partial charge in [-0.05, 0) is 13.3 Å². The third-order valence-electron chi connectivity index (χ3n) is 1.80. The van der Waals surface area contributed by atoms with Gasteiger partial charge in [0.2, 0.25) is 10.0 Å². The molecule has 3 unspecified atom stereocenters. The number of nitrogens with one attached hydrogen (secondary N) is 1. The molecule has 6 heteroatoms. The molecule has 1 fully saturated rings. The lowest BCUT2D eigenvalue weighted by Crippen LogP contribution is -2.35. The second-order valence-electron chi connectivity index (χ2n) is 2.94. The van der Waals surface area contributed by atoms with Crippen LogP contribution in [0.3, 0.4) is 0 Å². The molecule has 0 aromatic heterocycles. The van der Waals surface area contributed by atoms with Crippen LogP contribution in [0.15, 0.2) is 0 Å². The predicted octanol–water partition coefficient (Wildman–Crippen LogP) is -1.08. The van der Waals surface area contributed by atoms with Crippen molar-refractivity contribution >= 4 is 10.0 Å². The molecule has 0 aromatic rings. The highest BCUT2D eigenvalue weighted by atomic mass is 32.2. The van der Waals surface area contributed by atoms with E-state index in [1.54, 1.807) is 6.07 Å². The molecule has 3 N–H and O–H groups in total. The van der Waals surface area contributed by atoms with Gasteiger partial charge in [0.1, 0.15) is 0 Å². The number of nitrogens with two attached hydrogens (primary N) is 1. The highest BCUT2D eigenvalue weighted by Crippen LogP contribution is 2.19. The highest BCUT2D eigenvalue weighted by Gasteiger charge is 2.38. The average Bonchev–Trinajstić information content (AvgIpc) is 2.63. The van der Waals surface area contributed by atoms with Crippen LogP contribution in [0.2, 0.25) is 0 Å². The molecule has 0 radical (unpaired) electrons. The second kappa shape index (κ2) is 3.01. The van der Waals surface area contributed by atoms with Crippen molar-refractivity contribution in [1.82, 2.24) is 4.72 Å². The molecule has 0 bridgehead atoms. The Labute approximate surface area is 71.6 Å². The van der Waals surface area contributed by atoms with Gasteiger partial charge in [0, 0.05) is 12.1 Å². The average molecular weight is 189 g/mol. The van der Waals surface area contributed by atoms with Crippen molar-refractivity contribution in [3.63, 3.8) is 0 Å². The van der Waals surface area contributed by atoms with Gasteiger partial charge < -0.3 is 5.73 Å². The monoisotopic (exact) mass is 189 g/mol. The van der Waals surface area contributed by atoms with Crippen LogP contribution in [-0.2, 0) is 10.0 Å². The number of sulfonamides is 1. The van der Waals surface area contributed by atoms with Crippen LogP contribution in [0.1, 0.15) is 13.3 Å². The molecule has 0 amide bonds. The summed E-state index contributed by atoms with van der Waals surface area (Å²) in [5.41, 5.74) is 5.41. The highest BCUT2D eigenvalue weighted by molar-refractivity contribution is 7.90. The zero-order valence-electron chi connectivity index (χ0n) is 6.69. The van der Waals surface area contributed by atoms with E-state index < -0.39 is 15.3 Å². The van der Waals surface area contributed by atoms with Crippen LogP contribution < -0.4 is 10.5 Å². The molecule has 0 aliphatic heterocycles. The van der Waals surface area contributed by atoms with Crippen LogP contribution in [0, 0.1) is 11.3 Å². The molecule has 1 aliphatic carbocycles. The molecular formula is C6H11N3O2S. The Morgan fingerprint density at radius 3 is 2.58 bits per heavy atom. The van der Waals surface area contributed by atoms with E-state index in [0.717, 1.165) is 0 Å². The molecule has 0 saturated heterocycles. The van der Waals surface area contributed by atoms with Crippen molar-refractivity contribution in [3.8, 4) is 6.07 Å². The summed E-state index contributed by atoms with van der Waals surface area (Å²) in [6.07, 6.45) is 0.664. The number of hydrogen-bond acceptors (Lipinski definition) is 4. The van der Waals surface area contributed by atoms with Gasteiger partial charge in [-0.25, -0.2) is 13.1 Å². The summed E-state index contributed by atoms with van der Waals surface area (Å²) in [7, 11) is -3.47. The maximum atomic E-state index is 11.2. The van der Waals surface area contributed by atoms with Crippen molar-refractivity contribution in [2.75, 3.05) is 0 Å². The van der Waals surface area contributed by atoms with E-state index in [1.807, 2.05) is 0 Å². The van der Waals surface area contributed by atoms with Gasteiger partial charge in [0.15, 0.2) is 5.25 Å². The SMILES string of the molecule is CC(C#N)S(=O)(=O)NC1CC1N. The van der Waals surface area contributed by atoms with Crippen molar-refractivity contribution in [2.45, 2.75) is 30.7 Å². The van der Waals surface area contributed by atoms with Gasteiger partial charge in [0.05, 0.1) is 6.07 Å². The molecule has 1 rings (SSSR count). The van der Waals surface area contributed by atoms with E-state index in [4.69, 9.17) is 11.0 Å². The van der Waals surface area contributed by atoms with E-state index in [1.165, 1.54) is 6.92 Å². The molecule has 0 spiro atoms. The van der Waals surface area contributed by atoms with E-state index in [9.17, 15) is 8.42 Å². The summed E-state index contributed by atoms with van der Waals surface area (Å²) < 4.78 is 24.7. The maximum absolute atomic E-state index is 11.2. The Morgan fingerprint density at radius 2 is 2.25 bits per heavy atom. The molecule has 0 heterocycles. The molecule has 12 heavy (non-hydrogen) atoms. The normalized spacial score (nSPS) is 30.8. The van der Waals surface area contributed by atoms with Crippen LogP contribution in [-0.4, -0.2) is 25.8 Å². The fraction of sp³-hybridized carbons (Fsp3) is 0.833. The summed E-state index contributed by atoms with van der Waals surface area (Å²) in [4.78, 5) is 0. The van der Waals surface area contributed by atoms with Crippen molar-refractivity contribution in [2.24, 2.45) is 5.73 Å². The van der Waals surface area contributed by atoms with Crippen molar-refractivity contribution in [1.29, 1.82) is 5.26 Å². The van der Waals surface area contributed by atoms with Gasteiger partial charge in [0.25, 0.3) is 0 Å². The van der Waals surface area contributed by atoms with Crippen LogP contribution in [0.5, 0.6) is 0 Å². The predicted molar refractivity (Wildman–Crippen MR) is 43.5 cm³/mol. The first-order valence-corrected chi connectivity index (χ1v) is 5.18. The van der Waals surface area contributed by atoms with E-state index in [-0.39, 0.29) is 12.1 Å². The number of nitrogens with zero attached hydrogens (tertiary/aromatic N) is 1. The lowest BCUT2D eigenvalue weighted by molar-refractivity contribution is 0.575. The number of rotatable bonds is 3. The Balaban J connectivity index is 2.56. The third kappa shape index (κ3) is 1.94. The van der Waals surface area contributed by atoms with Crippen LogP contribution >= 0.6 is 0 Å². The zero-order chi connectivity index (χ0) is 9.35. The van der Waals surface area contributed by atoms with E-state index in [0.29, 0.717) is 6.42 Å². The fourth-order valence-electron chi connectivity index (χ4n) is 0.733. The van der Waals surface area contributed by atoms with Crippen LogP contribution in [0.4, 0.5) is 0 Å². The smallest absolute Gasteiger partial charge is 0.227 e. The number of nitriles is 1. The Hall–Kier alpha value is -0.640. The molecule has 0 aromatic carbocycles. The quantitative estimate of drug-likeness (QED) is 0.590. The molecular weight excluding hydrogens is 178 g/mol. The second-order valence-corrected chi connectivity index (χ2v) is 4.97. The first kappa shape index (κ1) is 9.45. The molecule has 68 valence electrons. The molecule has 3 atom stereocenters. The molecule has 1 aliphatic rings. The molecule has 1 saturated carbocycles. The number of hydrogen-bond donors (Lipinski definition) is 2. The van der Waals surface area contributed by atoms with Gasteiger partial charge in [-0.2, -0.15) is 5.26 Å². The summed E-state index contributed by atoms with van der Waals surface area (Å²) in [6, 6.07) is 1.42. The fourth-order valence-corrected chi connectivity index (χ4v) is 1.77. The zero-order valence-corrected chi connectivity index (χ0v) is 7.50. The summed E-state index contributed by atoms with van der Waals surface area (Å²) in [5, 5.41) is 7.36. The molecule has 5 nitrogen and oxygen atoms in total. The van der Waals surface area contributed by atoms with Crippen molar-refractivity contribution < 1.29 is 8.42 Å². The lowest BCUT2D eigenvalue weighted by atomic mass is 10.5. The summed E-state index contributed by atoms with van der Waals surface area (Å²) in [6.45, 7) is 1.34. The third-order valence-corrected chi connectivity index (χ3v) is 3.47. The first-order chi connectivity index (χ1) is 5.47. The van der Waals surface area contributed by atoms with Gasteiger partial charge in [-0.1, -0.05) is 0 Å². The minimum Gasteiger partial charge on any atom is -0.326 e. The Morgan fingerprint density at radius 1 is 1.75 bits per heavy atom. The minimum atomic E-state index is -3.47. The minimum absolute atomic E-state index is 0.0781. The summed E-state index contributed by atoms with van der Waals surface area (Å²) >= 11 is 0. The van der Waals surface area contributed by atoms with Crippen LogP contribution in [0.25, 0.3) is 0 Å². The van der Waals surface area contributed by atoms with E-state index in [2.05, 4.69) is 4.72 Å². The van der Waals surface area contributed by atoms with Gasteiger partial charge >= 0.3 is 0 Å².